The first-order valence-corrected chi connectivity index (χ1v) is 7.17. The van der Waals surface area contributed by atoms with Gasteiger partial charge >= 0.3 is 0 Å². The molecule has 0 aliphatic carbocycles. The van der Waals surface area contributed by atoms with E-state index in [0.29, 0.717) is 6.42 Å². The summed E-state index contributed by atoms with van der Waals surface area (Å²) in [6, 6.07) is 8.86. The molecule has 0 heterocycles. The molecule has 5 N–H and O–H groups in total. The van der Waals surface area contributed by atoms with Crippen LogP contribution in [0.15, 0.2) is 36.4 Å². The Morgan fingerprint density at radius 3 is 2.46 bits per heavy atom. The fourth-order valence-electron chi connectivity index (χ4n) is 1.69. The molecule has 0 saturated carbocycles. The Labute approximate surface area is 143 Å². The van der Waals surface area contributed by atoms with Crippen molar-refractivity contribution in [1.29, 1.82) is 0 Å². The third-order valence-corrected chi connectivity index (χ3v) is 3.08. The lowest BCUT2D eigenvalue weighted by Gasteiger charge is -2.06. The van der Waals surface area contributed by atoms with E-state index in [-0.39, 0.29) is 27.8 Å². The van der Waals surface area contributed by atoms with Gasteiger partial charge in [-0.05, 0) is 23.8 Å². The molecule has 0 spiro atoms. The maximum atomic E-state index is 11.3. The number of phenolic OH excluding ortho intramolecular Hbond substituents is 3. The summed E-state index contributed by atoms with van der Waals surface area (Å²) in [5.74, 6) is -0.934. The summed E-state index contributed by atoms with van der Waals surface area (Å²) in [5, 5.41) is 27.3. The van der Waals surface area contributed by atoms with Gasteiger partial charge in [0.25, 0.3) is 5.91 Å². The lowest BCUT2D eigenvalue weighted by molar-refractivity contribution is -0.107. The van der Waals surface area contributed by atoms with Gasteiger partial charge in [0.05, 0.1) is 10.6 Å². The van der Waals surface area contributed by atoms with Gasteiger partial charge in [-0.1, -0.05) is 23.7 Å². The molecule has 24 heavy (non-hydrogen) atoms. The normalized spacial score (nSPS) is 9.58. The summed E-state index contributed by atoms with van der Waals surface area (Å²) in [6.45, 7) is 0. The molecule has 0 atom stereocenters. The van der Waals surface area contributed by atoms with Crippen LogP contribution in [-0.4, -0.2) is 34.6 Å². The van der Waals surface area contributed by atoms with Gasteiger partial charge in [0.15, 0.2) is 0 Å². The van der Waals surface area contributed by atoms with E-state index in [4.69, 9.17) is 21.8 Å². The fourth-order valence-corrected chi connectivity index (χ4v) is 1.86. The first kappa shape index (κ1) is 19.3. The number of rotatable bonds is 4. The molecule has 2 rings (SSSR count). The van der Waals surface area contributed by atoms with Gasteiger partial charge < -0.3 is 20.1 Å². The Hall–Kier alpha value is -2.77. The maximum Gasteiger partial charge on any atom is 0.269 e. The number of hydrazine groups is 1. The maximum absolute atomic E-state index is 11.3. The first-order valence-electron chi connectivity index (χ1n) is 6.79. The third-order valence-electron chi connectivity index (χ3n) is 2.78. The number of phenols is 3. The van der Waals surface area contributed by atoms with Crippen molar-refractivity contribution in [3.8, 4) is 17.2 Å². The Morgan fingerprint density at radius 1 is 1.17 bits per heavy atom. The van der Waals surface area contributed by atoms with E-state index in [1.54, 1.807) is 24.3 Å². The van der Waals surface area contributed by atoms with Gasteiger partial charge in [-0.3, -0.25) is 10.2 Å². The van der Waals surface area contributed by atoms with Gasteiger partial charge in [-0.25, -0.2) is 5.43 Å². The lowest BCUT2D eigenvalue weighted by atomic mass is 10.2. The molecule has 2 aromatic rings. The number of nitrogens with one attached hydrogen (secondary N) is 2. The van der Waals surface area contributed by atoms with Gasteiger partial charge in [-0.15, -0.1) is 0 Å². The minimum absolute atomic E-state index is 0.00375. The second-order valence-electron chi connectivity index (χ2n) is 4.57. The molecule has 0 aromatic heterocycles. The number of carbonyl (C=O) groups is 2. The molecule has 0 fully saturated rings. The lowest BCUT2D eigenvalue weighted by Crippen LogP contribution is -2.34. The van der Waals surface area contributed by atoms with Crippen LogP contribution in [0.1, 0.15) is 15.9 Å². The molecule has 128 valence electrons. The number of aromatic hydroxyl groups is 3. The van der Waals surface area contributed by atoms with Crippen molar-refractivity contribution in [3.05, 3.63) is 52.5 Å². The number of hydrogen-bond acceptors (Lipinski definition) is 6. The largest absolute Gasteiger partial charge is 0.508 e. The third kappa shape index (κ3) is 5.79. The molecule has 8 heteroatoms. The molecule has 2 aromatic carbocycles. The first-order chi connectivity index (χ1) is 11.4. The van der Waals surface area contributed by atoms with Crippen molar-refractivity contribution in [1.82, 2.24) is 10.9 Å². The standard InChI is InChI=1S/C8H9ClN2O3.C8H8O2/c1-10-11-8(14)4-2-5(9)7(13)3-6(4)12;9-5-4-7-2-1-3-8(10)6-7/h2-3,10,12-13H,1H3,(H,11,14);1-3,5-6,10H,4H2. The zero-order valence-electron chi connectivity index (χ0n) is 12.8. The van der Waals surface area contributed by atoms with E-state index in [1.165, 1.54) is 13.1 Å². The Bertz CT molecular complexity index is 722. The second kappa shape index (κ2) is 9.39. The van der Waals surface area contributed by atoms with Gasteiger partial charge in [-0.2, -0.15) is 0 Å². The topological polar surface area (TPSA) is 119 Å². The summed E-state index contributed by atoms with van der Waals surface area (Å²) in [5.41, 5.74) is 5.50. The van der Waals surface area contributed by atoms with E-state index >= 15 is 0 Å². The summed E-state index contributed by atoms with van der Waals surface area (Å²) in [4.78, 5) is 21.3. The molecule has 1 amide bonds. The SMILES string of the molecule is CNNC(=O)c1cc(Cl)c(O)cc1O.O=CCc1cccc(O)c1. The summed E-state index contributed by atoms with van der Waals surface area (Å²) in [7, 11) is 1.51. The number of carbonyl (C=O) groups excluding carboxylic acids is 2. The summed E-state index contributed by atoms with van der Waals surface area (Å²) >= 11 is 5.57. The highest BCUT2D eigenvalue weighted by Crippen LogP contribution is 2.30. The minimum atomic E-state index is -0.535. The molecule has 0 radical (unpaired) electrons. The Balaban J connectivity index is 0.000000254. The van der Waals surface area contributed by atoms with E-state index in [0.717, 1.165) is 17.9 Å². The summed E-state index contributed by atoms with van der Waals surface area (Å²) < 4.78 is 0. The monoisotopic (exact) mass is 352 g/mol. The van der Waals surface area contributed by atoms with Crippen molar-refractivity contribution in [2.45, 2.75) is 6.42 Å². The van der Waals surface area contributed by atoms with Crippen LogP contribution in [0.2, 0.25) is 5.02 Å². The quantitative estimate of drug-likeness (QED) is 0.422. The van der Waals surface area contributed by atoms with Crippen LogP contribution >= 0.6 is 11.6 Å². The second-order valence-corrected chi connectivity index (χ2v) is 4.97. The Morgan fingerprint density at radius 2 is 1.88 bits per heavy atom. The predicted octanol–water partition coefficient (Wildman–Crippen LogP) is 1.75. The fraction of sp³-hybridized carbons (Fsp3) is 0.125. The van der Waals surface area contributed by atoms with Crippen LogP contribution < -0.4 is 10.9 Å². The van der Waals surface area contributed by atoms with Crippen LogP contribution in [0, 0.1) is 0 Å². The van der Waals surface area contributed by atoms with Crippen LogP contribution in [-0.2, 0) is 11.2 Å². The average molecular weight is 353 g/mol. The number of amides is 1. The van der Waals surface area contributed by atoms with E-state index in [1.807, 2.05) is 0 Å². The zero-order valence-corrected chi connectivity index (χ0v) is 13.5. The molecular formula is C16H17ClN2O5. The highest BCUT2D eigenvalue weighted by atomic mass is 35.5. The van der Waals surface area contributed by atoms with Crippen molar-refractivity contribution < 1.29 is 24.9 Å². The number of halogens is 1. The van der Waals surface area contributed by atoms with Crippen LogP contribution in [0.4, 0.5) is 0 Å². The number of benzene rings is 2. The smallest absolute Gasteiger partial charge is 0.269 e. The van der Waals surface area contributed by atoms with E-state index in [9.17, 15) is 14.7 Å². The molecule has 0 bridgehead atoms. The molecule has 7 nitrogen and oxygen atoms in total. The van der Waals surface area contributed by atoms with E-state index < -0.39 is 5.91 Å². The Kier molecular flexibility index (Phi) is 7.54. The van der Waals surface area contributed by atoms with Crippen molar-refractivity contribution in [2.24, 2.45) is 0 Å². The summed E-state index contributed by atoms with van der Waals surface area (Å²) in [6.07, 6.45) is 1.18. The predicted molar refractivity (Wildman–Crippen MR) is 89.2 cm³/mol. The molecule has 0 unspecified atom stereocenters. The molecule has 0 saturated heterocycles. The van der Waals surface area contributed by atoms with Crippen molar-refractivity contribution in [3.63, 3.8) is 0 Å². The number of aldehydes is 1. The average Bonchev–Trinajstić information content (AvgIpc) is 2.52. The van der Waals surface area contributed by atoms with Gasteiger partial charge in [0.1, 0.15) is 23.5 Å². The van der Waals surface area contributed by atoms with Crippen LogP contribution in [0.3, 0.4) is 0 Å². The number of hydrogen-bond donors (Lipinski definition) is 5. The minimum Gasteiger partial charge on any atom is -0.508 e. The highest BCUT2D eigenvalue weighted by molar-refractivity contribution is 6.32. The molecule has 0 aliphatic heterocycles. The zero-order chi connectivity index (χ0) is 18.1. The van der Waals surface area contributed by atoms with Gasteiger partial charge in [0, 0.05) is 19.5 Å². The van der Waals surface area contributed by atoms with Crippen LogP contribution in [0.5, 0.6) is 17.2 Å². The highest BCUT2D eigenvalue weighted by Gasteiger charge is 2.13. The van der Waals surface area contributed by atoms with Gasteiger partial charge in [0.2, 0.25) is 0 Å². The molecular weight excluding hydrogens is 336 g/mol. The van der Waals surface area contributed by atoms with Crippen molar-refractivity contribution in [2.75, 3.05) is 7.05 Å². The van der Waals surface area contributed by atoms with Crippen LogP contribution in [0.25, 0.3) is 0 Å². The van der Waals surface area contributed by atoms with E-state index in [2.05, 4.69) is 10.9 Å². The molecule has 0 aliphatic rings. The van der Waals surface area contributed by atoms with Crippen molar-refractivity contribution >= 4 is 23.8 Å².